The molecule has 0 heterocycles. The van der Waals surface area contributed by atoms with Crippen LogP contribution < -0.4 is 5.32 Å². The molecule has 2 atom stereocenters. The lowest BCUT2D eigenvalue weighted by Crippen LogP contribution is -2.38. The summed E-state index contributed by atoms with van der Waals surface area (Å²) >= 11 is 0. The second-order valence-electron chi connectivity index (χ2n) is 8.08. The molecule has 21 heavy (non-hydrogen) atoms. The highest BCUT2D eigenvalue weighted by atomic mass is 15.0. The minimum atomic E-state index is 0.347. The number of hydrogen-bond donors (Lipinski definition) is 1. The lowest BCUT2D eigenvalue weighted by atomic mass is 9.82. The third-order valence-electron chi connectivity index (χ3n) is 4.84. The SMILES string of the molecule is C[C@H](NC(CC(C)(C)C)c1ccccc1)C1CCCCC1. The van der Waals surface area contributed by atoms with Crippen LogP contribution in [-0.2, 0) is 0 Å². The van der Waals surface area contributed by atoms with Crippen LogP contribution >= 0.6 is 0 Å². The molecule has 1 aliphatic rings. The maximum absolute atomic E-state index is 3.96. The van der Waals surface area contributed by atoms with Crippen molar-refractivity contribution in [3.05, 3.63) is 35.9 Å². The van der Waals surface area contributed by atoms with Crippen molar-refractivity contribution in [2.45, 2.75) is 78.3 Å². The Morgan fingerprint density at radius 2 is 1.67 bits per heavy atom. The van der Waals surface area contributed by atoms with Gasteiger partial charge in [0.15, 0.2) is 0 Å². The molecule has 0 amide bonds. The Morgan fingerprint density at radius 3 is 2.24 bits per heavy atom. The van der Waals surface area contributed by atoms with Crippen molar-refractivity contribution in [3.63, 3.8) is 0 Å². The van der Waals surface area contributed by atoms with E-state index in [9.17, 15) is 0 Å². The quantitative estimate of drug-likeness (QED) is 0.730. The van der Waals surface area contributed by atoms with Crippen molar-refractivity contribution in [1.29, 1.82) is 0 Å². The Hall–Kier alpha value is -0.820. The minimum Gasteiger partial charge on any atom is -0.307 e. The molecular formula is C20H33N. The molecule has 0 saturated heterocycles. The van der Waals surface area contributed by atoms with E-state index in [4.69, 9.17) is 0 Å². The molecule has 1 aromatic rings. The summed E-state index contributed by atoms with van der Waals surface area (Å²) in [5.41, 5.74) is 1.79. The molecule has 1 aromatic carbocycles. The zero-order chi connectivity index (χ0) is 15.3. The van der Waals surface area contributed by atoms with Crippen molar-refractivity contribution >= 4 is 0 Å². The van der Waals surface area contributed by atoms with Gasteiger partial charge in [-0.25, -0.2) is 0 Å². The largest absolute Gasteiger partial charge is 0.307 e. The Labute approximate surface area is 131 Å². The minimum absolute atomic E-state index is 0.347. The smallest absolute Gasteiger partial charge is 0.0327 e. The van der Waals surface area contributed by atoms with Gasteiger partial charge in [0, 0.05) is 12.1 Å². The summed E-state index contributed by atoms with van der Waals surface area (Å²) in [6.45, 7) is 9.43. The molecule has 1 heteroatoms. The molecule has 0 aromatic heterocycles. The van der Waals surface area contributed by atoms with Crippen molar-refractivity contribution in [2.24, 2.45) is 11.3 Å². The van der Waals surface area contributed by atoms with Gasteiger partial charge in [0.1, 0.15) is 0 Å². The van der Waals surface area contributed by atoms with E-state index in [2.05, 4.69) is 63.3 Å². The van der Waals surface area contributed by atoms with Crippen LogP contribution in [0.4, 0.5) is 0 Å². The highest BCUT2D eigenvalue weighted by Gasteiger charge is 2.25. The van der Waals surface area contributed by atoms with Gasteiger partial charge in [0.2, 0.25) is 0 Å². The van der Waals surface area contributed by atoms with Crippen LogP contribution in [0.2, 0.25) is 0 Å². The van der Waals surface area contributed by atoms with Crippen LogP contribution in [0.5, 0.6) is 0 Å². The predicted molar refractivity (Wildman–Crippen MR) is 92.4 cm³/mol. The molecule has 118 valence electrons. The number of rotatable bonds is 5. The van der Waals surface area contributed by atoms with E-state index in [1.807, 2.05) is 0 Å². The first kappa shape index (κ1) is 16.5. The fourth-order valence-corrected chi connectivity index (χ4v) is 3.66. The van der Waals surface area contributed by atoms with Crippen LogP contribution in [0.25, 0.3) is 0 Å². The Bertz CT molecular complexity index is 398. The number of hydrogen-bond acceptors (Lipinski definition) is 1. The molecule has 1 unspecified atom stereocenters. The molecule has 1 N–H and O–H groups in total. The summed E-state index contributed by atoms with van der Waals surface area (Å²) in [6, 6.07) is 12.1. The number of benzene rings is 1. The first-order valence-corrected chi connectivity index (χ1v) is 8.77. The van der Waals surface area contributed by atoms with Crippen LogP contribution in [0.1, 0.15) is 77.8 Å². The molecule has 1 saturated carbocycles. The molecule has 1 aliphatic carbocycles. The predicted octanol–water partition coefficient (Wildman–Crippen LogP) is 5.72. The van der Waals surface area contributed by atoms with E-state index in [1.165, 1.54) is 44.1 Å². The molecule has 0 radical (unpaired) electrons. The second-order valence-corrected chi connectivity index (χ2v) is 8.08. The van der Waals surface area contributed by atoms with E-state index >= 15 is 0 Å². The fraction of sp³-hybridized carbons (Fsp3) is 0.700. The average molecular weight is 287 g/mol. The van der Waals surface area contributed by atoms with Crippen molar-refractivity contribution in [2.75, 3.05) is 0 Å². The lowest BCUT2D eigenvalue weighted by Gasteiger charge is -2.34. The van der Waals surface area contributed by atoms with Crippen molar-refractivity contribution in [1.82, 2.24) is 5.32 Å². The number of nitrogens with one attached hydrogen (secondary N) is 1. The third-order valence-corrected chi connectivity index (χ3v) is 4.84. The maximum Gasteiger partial charge on any atom is 0.0327 e. The van der Waals surface area contributed by atoms with Crippen LogP contribution in [0, 0.1) is 11.3 Å². The average Bonchev–Trinajstić information content (AvgIpc) is 2.47. The van der Waals surface area contributed by atoms with Crippen LogP contribution in [0.15, 0.2) is 30.3 Å². The highest BCUT2D eigenvalue weighted by Crippen LogP contribution is 2.32. The summed E-state index contributed by atoms with van der Waals surface area (Å²) in [6.07, 6.45) is 8.29. The van der Waals surface area contributed by atoms with Crippen LogP contribution in [-0.4, -0.2) is 6.04 Å². The van der Waals surface area contributed by atoms with Gasteiger partial charge in [-0.2, -0.15) is 0 Å². The second kappa shape index (κ2) is 7.45. The molecule has 0 aliphatic heterocycles. The van der Waals surface area contributed by atoms with E-state index in [0.29, 0.717) is 17.5 Å². The van der Waals surface area contributed by atoms with E-state index < -0.39 is 0 Å². The van der Waals surface area contributed by atoms with Gasteiger partial charge < -0.3 is 5.32 Å². The van der Waals surface area contributed by atoms with Gasteiger partial charge in [-0.1, -0.05) is 70.4 Å². The fourth-order valence-electron chi connectivity index (χ4n) is 3.66. The molecule has 0 spiro atoms. The highest BCUT2D eigenvalue weighted by molar-refractivity contribution is 5.19. The molecule has 1 nitrogen and oxygen atoms in total. The zero-order valence-electron chi connectivity index (χ0n) is 14.4. The van der Waals surface area contributed by atoms with Crippen LogP contribution in [0.3, 0.4) is 0 Å². The van der Waals surface area contributed by atoms with Gasteiger partial charge in [-0.05, 0) is 43.1 Å². The first-order chi connectivity index (χ1) is 9.96. The van der Waals surface area contributed by atoms with E-state index in [-0.39, 0.29) is 0 Å². The summed E-state index contributed by atoms with van der Waals surface area (Å²) in [4.78, 5) is 0. The summed E-state index contributed by atoms with van der Waals surface area (Å²) in [5.74, 6) is 0.866. The molecular weight excluding hydrogens is 254 g/mol. The van der Waals surface area contributed by atoms with Crippen molar-refractivity contribution < 1.29 is 0 Å². The maximum atomic E-state index is 3.96. The Morgan fingerprint density at radius 1 is 1.05 bits per heavy atom. The van der Waals surface area contributed by atoms with Gasteiger partial charge >= 0.3 is 0 Å². The van der Waals surface area contributed by atoms with Gasteiger partial charge in [-0.3, -0.25) is 0 Å². The normalized spacial score (nSPS) is 20.2. The molecule has 0 bridgehead atoms. The van der Waals surface area contributed by atoms with Gasteiger partial charge in [0.25, 0.3) is 0 Å². The van der Waals surface area contributed by atoms with E-state index in [1.54, 1.807) is 0 Å². The van der Waals surface area contributed by atoms with Gasteiger partial charge in [0.05, 0.1) is 0 Å². The topological polar surface area (TPSA) is 12.0 Å². The Kier molecular flexibility index (Phi) is 5.87. The summed E-state index contributed by atoms with van der Waals surface area (Å²) in [5, 5.41) is 3.96. The summed E-state index contributed by atoms with van der Waals surface area (Å²) in [7, 11) is 0. The Balaban J connectivity index is 2.04. The van der Waals surface area contributed by atoms with E-state index in [0.717, 1.165) is 5.92 Å². The summed E-state index contributed by atoms with van der Waals surface area (Å²) < 4.78 is 0. The molecule has 2 rings (SSSR count). The standard InChI is InChI=1S/C20H33N/c1-16(17-11-7-5-8-12-17)21-19(15-20(2,3)4)18-13-9-6-10-14-18/h6,9-10,13-14,16-17,19,21H,5,7-8,11-12,15H2,1-4H3/t16-,19?/m0/s1. The van der Waals surface area contributed by atoms with Gasteiger partial charge in [-0.15, -0.1) is 0 Å². The third kappa shape index (κ3) is 5.47. The lowest BCUT2D eigenvalue weighted by molar-refractivity contribution is 0.234. The monoisotopic (exact) mass is 287 g/mol. The first-order valence-electron chi connectivity index (χ1n) is 8.77. The zero-order valence-corrected chi connectivity index (χ0v) is 14.4. The molecule has 1 fully saturated rings. The van der Waals surface area contributed by atoms with Crippen molar-refractivity contribution in [3.8, 4) is 0 Å².